The van der Waals surface area contributed by atoms with Crippen molar-refractivity contribution in [1.29, 1.82) is 0 Å². The molecule has 0 aliphatic rings. The van der Waals surface area contributed by atoms with Crippen LogP contribution in [-0.2, 0) is 12.0 Å². The van der Waals surface area contributed by atoms with Gasteiger partial charge in [-0.2, -0.15) is 0 Å². The van der Waals surface area contributed by atoms with Crippen LogP contribution in [0.25, 0.3) is 0 Å². The van der Waals surface area contributed by atoms with Crippen LogP contribution in [0.1, 0.15) is 30.5 Å². The average Bonchev–Trinajstić information content (AvgIpc) is 2.63. The van der Waals surface area contributed by atoms with Crippen LogP contribution in [0.3, 0.4) is 0 Å². The molecule has 2 N–H and O–H groups in total. The van der Waals surface area contributed by atoms with Gasteiger partial charge >= 0.3 is 0 Å². The van der Waals surface area contributed by atoms with Gasteiger partial charge in [-0.05, 0) is 41.0 Å². The summed E-state index contributed by atoms with van der Waals surface area (Å²) in [7, 11) is 0. The van der Waals surface area contributed by atoms with Crippen LogP contribution in [0.4, 0.5) is 0 Å². The Kier molecular flexibility index (Phi) is 4.68. The van der Waals surface area contributed by atoms with Crippen molar-refractivity contribution < 1.29 is 4.74 Å². The highest BCUT2D eigenvalue weighted by atomic mass is 16.5. The van der Waals surface area contributed by atoms with Crippen molar-refractivity contribution in [3.63, 3.8) is 0 Å². The van der Waals surface area contributed by atoms with E-state index in [1.165, 1.54) is 11.1 Å². The third kappa shape index (κ3) is 3.50. The van der Waals surface area contributed by atoms with E-state index in [1.54, 1.807) is 0 Å². The van der Waals surface area contributed by atoms with Crippen molar-refractivity contribution in [2.75, 3.05) is 0 Å². The average molecular weight is 317 g/mol. The van der Waals surface area contributed by atoms with E-state index in [9.17, 15) is 0 Å². The largest absolute Gasteiger partial charge is 0.457 e. The Balaban J connectivity index is 1.77. The number of ether oxygens (including phenoxy) is 1. The molecule has 0 spiro atoms. The SMILES string of the molecule is CC(C)(c1ccccc1)c1ccc(Oc2ccc(CN)cc2)cc1. The lowest BCUT2D eigenvalue weighted by atomic mass is 9.78. The first-order valence-corrected chi connectivity index (χ1v) is 8.22. The maximum absolute atomic E-state index is 5.91. The second-order valence-electron chi connectivity index (χ2n) is 6.47. The van der Waals surface area contributed by atoms with E-state index < -0.39 is 0 Å². The first-order chi connectivity index (χ1) is 11.6. The molecule has 0 amide bonds. The fourth-order valence-electron chi connectivity index (χ4n) is 2.79. The highest BCUT2D eigenvalue weighted by Gasteiger charge is 2.22. The Labute approximate surface area is 143 Å². The molecular formula is C22H23NO. The molecule has 0 atom stereocenters. The molecule has 2 nitrogen and oxygen atoms in total. The Morgan fingerprint density at radius 3 is 1.75 bits per heavy atom. The summed E-state index contributed by atoms with van der Waals surface area (Å²) in [6.07, 6.45) is 0. The number of hydrogen-bond donors (Lipinski definition) is 1. The first-order valence-electron chi connectivity index (χ1n) is 8.22. The Morgan fingerprint density at radius 1 is 0.708 bits per heavy atom. The van der Waals surface area contributed by atoms with Gasteiger partial charge in [0.25, 0.3) is 0 Å². The molecule has 24 heavy (non-hydrogen) atoms. The molecule has 0 fully saturated rings. The first kappa shape index (κ1) is 16.3. The molecule has 0 aliphatic carbocycles. The fraction of sp³-hybridized carbons (Fsp3) is 0.182. The molecule has 0 bridgehead atoms. The number of rotatable bonds is 5. The second kappa shape index (κ2) is 6.90. The minimum Gasteiger partial charge on any atom is -0.457 e. The van der Waals surface area contributed by atoms with E-state index >= 15 is 0 Å². The van der Waals surface area contributed by atoms with Crippen LogP contribution >= 0.6 is 0 Å². The summed E-state index contributed by atoms with van der Waals surface area (Å²) in [5.74, 6) is 1.66. The van der Waals surface area contributed by atoms with Gasteiger partial charge in [-0.3, -0.25) is 0 Å². The molecule has 3 aromatic rings. The smallest absolute Gasteiger partial charge is 0.127 e. The number of benzene rings is 3. The summed E-state index contributed by atoms with van der Waals surface area (Å²) in [6, 6.07) is 26.7. The molecule has 0 aliphatic heterocycles. The summed E-state index contributed by atoms with van der Waals surface area (Å²) in [5.41, 5.74) is 9.24. The standard InChI is InChI=1S/C22H23NO/c1-22(2,18-6-4-3-5-7-18)19-10-14-21(15-11-19)24-20-12-8-17(16-23)9-13-20/h3-15H,16,23H2,1-2H3. The van der Waals surface area contributed by atoms with Gasteiger partial charge in [0, 0.05) is 12.0 Å². The van der Waals surface area contributed by atoms with E-state index in [4.69, 9.17) is 10.5 Å². The van der Waals surface area contributed by atoms with E-state index in [0.717, 1.165) is 17.1 Å². The van der Waals surface area contributed by atoms with Crippen LogP contribution in [0.15, 0.2) is 78.9 Å². The number of hydrogen-bond acceptors (Lipinski definition) is 2. The van der Waals surface area contributed by atoms with Crippen molar-refractivity contribution in [2.45, 2.75) is 25.8 Å². The highest BCUT2D eigenvalue weighted by Crippen LogP contribution is 2.33. The van der Waals surface area contributed by atoms with Gasteiger partial charge in [0.1, 0.15) is 11.5 Å². The maximum Gasteiger partial charge on any atom is 0.127 e. The molecule has 0 heterocycles. The third-order valence-electron chi connectivity index (χ3n) is 4.47. The lowest BCUT2D eigenvalue weighted by Crippen LogP contribution is -2.18. The van der Waals surface area contributed by atoms with Crippen molar-refractivity contribution in [3.05, 3.63) is 95.6 Å². The molecule has 0 saturated carbocycles. The quantitative estimate of drug-likeness (QED) is 0.696. The zero-order valence-corrected chi connectivity index (χ0v) is 14.2. The van der Waals surface area contributed by atoms with Crippen molar-refractivity contribution in [1.82, 2.24) is 0 Å². The molecule has 0 radical (unpaired) electrons. The van der Waals surface area contributed by atoms with Crippen LogP contribution in [0.2, 0.25) is 0 Å². The second-order valence-corrected chi connectivity index (χ2v) is 6.47. The van der Waals surface area contributed by atoms with Gasteiger partial charge < -0.3 is 10.5 Å². The van der Waals surface area contributed by atoms with Gasteiger partial charge in [-0.25, -0.2) is 0 Å². The van der Waals surface area contributed by atoms with Gasteiger partial charge in [0.15, 0.2) is 0 Å². The van der Waals surface area contributed by atoms with Crippen LogP contribution < -0.4 is 10.5 Å². The lowest BCUT2D eigenvalue weighted by molar-refractivity contribution is 0.481. The van der Waals surface area contributed by atoms with E-state index in [1.807, 2.05) is 42.5 Å². The Hall–Kier alpha value is -2.58. The Bertz CT molecular complexity index is 774. The van der Waals surface area contributed by atoms with Gasteiger partial charge in [-0.1, -0.05) is 68.4 Å². The van der Waals surface area contributed by atoms with Crippen molar-refractivity contribution >= 4 is 0 Å². The van der Waals surface area contributed by atoms with Crippen LogP contribution in [0.5, 0.6) is 11.5 Å². The van der Waals surface area contributed by atoms with E-state index in [0.29, 0.717) is 6.54 Å². The predicted octanol–water partition coefficient (Wildman–Crippen LogP) is 5.26. The van der Waals surface area contributed by atoms with Crippen molar-refractivity contribution in [2.24, 2.45) is 5.73 Å². The molecule has 0 saturated heterocycles. The molecule has 0 aromatic heterocycles. The molecule has 2 heteroatoms. The highest BCUT2D eigenvalue weighted by molar-refractivity contribution is 5.41. The predicted molar refractivity (Wildman–Crippen MR) is 99.4 cm³/mol. The topological polar surface area (TPSA) is 35.2 Å². The van der Waals surface area contributed by atoms with Crippen LogP contribution in [-0.4, -0.2) is 0 Å². The maximum atomic E-state index is 5.91. The third-order valence-corrected chi connectivity index (χ3v) is 4.47. The van der Waals surface area contributed by atoms with E-state index in [2.05, 4.69) is 50.2 Å². The van der Waals surface area contributed by atoms with Crippen LogP contribution in [0, 0.1) is 0 Å². The fourth-order valence-corrected chi connectivity index (χ4v) is 2.79. The molecule has 0 unspecified atom stereocenters. The molecule has 3 aromatic carbocycles. The van der Waals surface area contributed by atoms with E-state index in [-0.39, 0.29) is 5.41 Å². The minimum absolute atomic E-state index is 0.0391. The summed E-state index contributed by atoms with van der Waals surface area (Å²) in [5, 5.41) is 0. The van der Waals surface area contributed by atoms with Gasteiger partial charge in [0.2, 0.25) is 0 Å². The Morgan fingerprint density at radius 2 is 1.21 bits per heavy atom. The summed E-state index contributed by atoms with van der Waals surface area (Å²) >= 11 is 0. The monoisotopic (exact) mass is 317 g/mol. The molecular weight excluding hydrogens is 294 g/mol. The summed E-state index contributed by atoms with van der Waals surface area (Å²) in [4.78, 5) is 0. The molecule has 3 rings (SSSR count). The summed E-state index contributed by atoms with van der Waals surface area (Å²) in [6.45, 7) is 5.02. The zero-order valence-electron chi connectivity index (χ0n) is 14.2. The van der Waals surface area contributed by atoms with Gasteiger partial charge in [-0.15, -0.1) is 0 Å². The number of nitrogens with two attached hydrogens (primary N) is 1. The normalized spacial score (nSPS) is 11.3. The minimum atomic E-state index is -0.0391. The molecule has 122 valence electrons. The van der Waals surface area contributed by atoms with Gasteiger partial charge in [0.05, 0.1) is 0 Å². The zero-order chi connectivity index (χ0) is 17.0. The summed E-state index contributed by atoms with van der Waals surface area (Å²) < 4.78 is 5.91. The van der Waals surface area contributed by atoms with Crippen molar-refractivity contribution in [3.8, 4) is 11.5 Å². The lowest BCUT2D eigenvalue weighted by Gasteiger charge is -2.26.